The Morgan fingerprint density at radius 2 is 2.00 bits per heavy atom. The predicted molar refractivity (Wildman–Crippen MR) is 87.5 cm³/mol. The first-order valence-electron chi connectivity index (χ1n) is 8.07. The third-order valence-electron chi connectivity index (χ3n) is 3.71. The Morgan fingerprint density at radius 3 is 2.77 bits per heavy atom. The van der Waals surface area contributed by atoms with Gasteiger partial charge in [-0.05, 0) is 19.1 Å². The lowest BCUT2D eigenvalue weighted by Gasteiger charge is -2.26. The van der Waals surface area contributed by atoms with Crippen LogP contribution in [0.15, 0.2) is 35.5 Å². The van der Waals surface area contributed by atoms with Gasteiger partial charge in [0.05, 0.1) is 24.4 Å². The number of fused-ring (bicyclic) bond motifs is 1. The largest absolute Gasteiger partial charge is 0.485 e. The molecule has 2 aliphatic heterocycles. The second-order valence-corrected chi connectivity index (χ2v) is 5.46. The molecular formula is C17H18N2O7. The molecule has 138 valence electrons. The Labute approximate surface area is 149 Å². The van der Waals surface area contributed by atoms with Crippen LogP contribution in [0.3, 0.4) is 0 Å². The zero-order valence-corrected chi connectivity index (χ0v) is 14.1. The summed E-state index contributed by atoms with van der Waals surface area (Å²) >= 11 is 0. The number of nitrogens with one attached hydrogen (secondary N) is 2. The van der Waals surface area contributed by atoms with Crippen molar-refractivity contribution in [3.05, 3.63) is 35.5 Å². The molecule has 1 aromatic rings. The van der Waals surface area contributed by atoms with Gasteiger partial charge in [0.1, 0.15) is 13.2 Å². The van der Waals surface area contributed by atoms with E-state index in [0.717, 1.165) is 0 Å². The van der Waals surface area contributed by atoms with Crippen LogP contribution in [0, 0.1) is 0 Å². The molecule has 0 aromatic heterocycles. The van der Waals surface area contributed by atoms with Crippen LogP contribution in [0.1, 0.15) is 6.92 Å². The average molecular weight is 362 g/mol. The molecule has 1 aromatic carbocycles. The molecule has 2 N–H and O–H groups in total. The van der Waals surface area contributed by atoms with Gasteiger partial charge in [0.25, 0.3) is 0 Å². The topological polar surface area (TPSA) is 112 Å². The molecule has 2 amide bonds. The van der Waals surface area contributed by atoms with Gasteiger partial charge in [0.2, 0.25) is 6.10 Å². The van der Waals surface area contributed by atoms with Crippen molar-refractivity contribution in [2.45, 2.75) is 13.0 Å². The fraction of sp³-hybridized carbons (Fsp3) is 0.353. The molecule has 2 aliphatic rings. The number of esters is 2. The minimum absolute atomic E-state index is 0.00599. The Hall–Kier alpha value is -3.23. The molecule has 1 atom stereocenters. The maximum absolute atomic E-state index is 12.2. The van der Waals surface area contributed by atoms with Gasteiger partial charge in [-0.15, -0.1) is 0 Å². The minimum Gasteiger partial charge on any atom is -0.485 e. The quantitative estimate of drug-likeness (QED) is 0.734. The highest BCUT2D eigenvalue weighted by atomic mass is 16.6. The summed E-state index contributed by atoms with van der Waals surface area (Å²) in [6, 6.07) is 6.48. The number of ether oxygens (including phenoxy) is 4. The molecule has 0 bridgehead atoms. The summed E-state index contributed by atoms with van der Waals surface area (Å²) in [5.41, 5.74) is 0.378. The van der Waals surface area contributed by atoms with Gasteiger partial charge in [0.15, 0.2) is 11.5 Å². The number of carbonyl (C=O) groups is 3. The molecule has 0 fully saturated rings. The van der Waals surface area contributed by atoms with Crippen molar-refractivity contribution in [1.82, 2.24) is 10.6 Å². The number of para-hydroxylation sites is 2. The van der Waals surface area contributed by atoms with Gasteiger partial charge in [-0.1, -0.05) is 12.1 Å². The van der Waals surface area contributed by atoms with Crippen molar-refractivity contribution in [2.75, 3.05) is 26.4 Å². The number of urea groups is 1. The number of benzene rings is 1. The zero-order valence-electron chi connectivity index (χ0n) is 14.1. The lowest BCUT2D eigenvalue weighted by atomic mass is 10.1. The van der Waals surface area contributed by atoms with E-state index in [2.05, 4.69) is 10.6 Å². The molecule has 0 radical (unpaired) electrons. The summed E-state index contributed by atoms with van der Waals surface area (Å²) in [5.74, 6) is -0.253. The van der Waals surface area contributed by atoms with Crippen LogP contribution in [-0.2, 0) is 19.1 Å². The molecule has 0 spiro atoms. The Kier molecular flexibility index (Phi) is 5.26. The lowest BCUT2D eigenvalue weighted by Crippen LogP contribution is -2.46. The second-order valence-electron chi connectivity index (χ2n) is 5.46. The fourth-order valence-electron chi connectivity index (χ4n) is 2.44. The van der Waals surface area contributed by atoms with E-state index in [0.29, 0.717) is 11.5 Å². The van der Waals surface area contributed by atoms with E-state index in [1.165, 1.54) is 0 Å². The Bertz CT molecular complexity index is 759. The van der Waals surface area contributed by atoms with Crippen molar-refractivity contribution < 1.29 is 33.3 Å². The van der Waals surface area contributed by atoms with Crippen molar-refractivity contribution >= 4 is 18.0 Å². The van der Waals surface area contributed by atoms with E-state index in [1.54, 1.807) is 31.2 Å². The number of hydrogen-bond acceptors (Lipinski definition) is 7. The molecule has 26 heavy (non-hydrogen) atoms. The SMILES string of the molecule is CCOC(=O)C1=C(COC(=O)[C@H]2COc3ccccc3O2)NC(=O)NC1. The molecule has 0 saturated carbocycles. The van der Waals surface area contributed by atoms with E-state index >= 15 is 0 Å². The van der Waals surface area contributed by atoms with Crippen LogP contribution >= 0.6 is 0 Å². The number of hydrogen-bond donors (Lipinski definition) is 2. The molecule has 0 unspecified atom stereocenters. The molecule has 9 heteroatoms. The van der Waals surface area contributed by atoms with Crippen molar-refractivity contribution in [3.8, 4) is 11.5 Å². The van der Waals surface area contributed by atoms with Gasteiger partial charge in [-0.3, -0.25) is 0 Å². The summed E-state index contributed by atoms with van der Waals surface area (Å²) in [5, 5.41) is 4.93. The highest BCUT2D eigenvalue weighted by Gasteiger charge is 2.30. The first-order valence-corrected chi connectivity index (χ1v) is 8.07. The summed E-state index contributed by atoms with van der Waals surface area (Å²) < 4.78 is 21.2. The standard InChI is InChI=1S/C17H18N2O7/c1-2-23-15(20)10-7-18-17(22)19-11(10)8-25-16(21)14-9-24-12-5-3-4-6-13(12)26-14/h3-6,14H,2,7-9H2,1H3,(H2,18,19,22)/t14-/m1/s1. The average Bonchev–Trinajstić information content (AvgIpc) is 2.66. The fourth-order valence-corrected chi connectivity index (χ4v) is 2.44. The Morgan fingerprint density at radius 1 is 1.23 bits per heavy atom. The number of rotatable bonds is 5. The van der Waals surface area contributed by atoms with Gasteiger partial charge in [-0.25, -0.2) is 14.4 Å². The molecule has 9 nitrogen and oxygen atoms in total. The van der Waals surface area contributed by atoms with Gasteiger partial charge in [-0.2, -0.15) is 0 Å². The second kappa shape index (κ2) is 7.77. The smallest absolute Gasteiger partial charge is 0.351 e. The maximum atomic E-state index is 12.2. The summed E-state index contributed by atoms with van der Waals surface area (Å²) in [4.78, 5) is 35.7. The number of amides is 2. The Balaban J connectivity index is 1.64. The van der Waals surface area contributed by atoms with E-state index in [9.17, 15) is 14.4 Å². The third-order valence-corrected chi connectivity index (χ3v) is 3.71. The van der Waals surface area contributed by atoms with E-state index in [4.69, 9.17) is 18.9 Å². The minimum atomic E-state index is -0.936. The first-order chi connectivity index (χ1) is 12.6. The van der Waals surface area contributed by atoms with E-state index < -0.39 is 24.1 Å². The summed E-state index contributed by atoms with van der Waals surface area (Å²) in [6.45, 7) is 1.57. The van der Waals surface area contributed by atoms with Crippen molar-refractivity contribution in [2.24, 2.45) is 0 Å². The van der Waals surface area contributed by atoms with Gasteiger partial charge in [0, 0.05) is 0 Å². The molecule has 0 saturated heterocycles. The number of carbonyl (C=O) groups excluding carboxylic acids is 3. The van der Waals surface area contributed by atoms with Crippen LogP contribution < -0.4 is 20.1 Å². The monoisotopic (exact) mass is 362 g/mol. The van der Waals surface area contributed by atoms with Crippen LogP contribution in [0.25, 0.3) is 0 Å². The molecule has 3 rings (SSSR count). The van der Waals surface area contributed by atoms with E-state index in [-0.39, 0.29) is 37.6 Å². The summed E-state index contributed by atoms with van der Waals surface area (Å²) in [6.07, 6.45) is -0.936. The molecule has 0 aliphatic carbocycles. The zero-order chi connectivity index (χ0) is 18.5. The van der Waals surface area contributed by atoms with Crippen LogP contribution in [0.2, 0.25) is 0 Å². The maximum Gasteiger partial charge on any atom is 0.351 e. The van der Waals surface area contributed by atoms with Crippen LogP contribution in [0.4, 0.5) is 4.79 Å². The van der Waals surface area contributed by atoms with Crippen LogP contribution in [0.5, 0.6) is 11.5 Å². The highest BCUT2D eigenvalue weighted by Crippen LogP contribution is 2.31. The summed E-state index contributed by atoms with van der Waals surface area (Å²) in [7, 11) is 0. The van der Waals surface area contributed by atoms with Gasteiger partial charge >= 0.3 is 18.0 Å². The third kappa shape index (κ3) is 3.88. The highest BCUT2D eigenvalue weighted by molar-refractivity contribution is 5.93. The molecular weight excluding hydrogens is 344 g/mol. The van der Waals surface area contributed by atoms with Crippen molar-refractivity contribution in [3.63, 3.8) is 0 Å². The van der Waals surface area contributed by atoms with Crippen molar-refractivity contribution in [1.29, 1.82) is 0 Å². The normalized spacial score (nSPS) is 18.5. The lowest BCUT2D eigenvalue weighted by molar-refractivity contribution is -0.153. The predicted octanol–water partition coefficient (Wildman–Crippen LogP) is 0.500. The molecule has 2 heterocycles. The van der Waals surface area contributed by atoms with Crippen LogP contribution in [-0.4, -0.2) is 50.4 Å². The first kappa shape index (κ1) is 17.6. The van der Waals surface area contributed by atoms with E-state index in [1.807, 2.05) is 0 Å². The van der Waals surface area contributed by atoms with Gasteiger partial charge < -0.3 is 29.6 Å².